The largest absolute Gasteiger partial charge is 0.496 e. The van der Waals surface area contributed by atoms with E-state index < -0.39 is 0 Å². The molecule has 1 aliphatic rings. The minimum absolute atomic E-state index is 0.326. The lowest BCUT2D eigenvalue weighted by Gasteiger charge is -2.27. The Hall–Kier alpha value is -1.06. The molecule has 0 bridgehead atoms. The number of nitrogens with two attached hydrogens (primary N) is 1. The zero-order valence-electron chi connectivity index (χ0n) is 10.9. The molecule has 1 saturated carbocycles. The van der Waals surface area contributed by atoms with Crippen LogP contribution >= 0.6 is 0 Å². The second-order valence-electron chi connectivity index (χ2n) is 4.88. The van der Waals surface area contributed by atoms with Gasteiger partial charge in [0, 0.05) is 18.6 Å². The summed E-state index contributed by atoms with van der Waals surface area (Å²) in [4.78, 5) is 2.40. The predicted molar refractivity (Wildman–Crippen MR) is 70.3 cm³/mol. The molecule has 1 atom stereocenters. The van der Waals surface area contributed by atoms with Gasteiger partial charge in [-0.1, -0.05) is 12.1 Å². The standard InChI is InChI=1S/C14H22N2O/c1-10-8-11(4-7-14(10)17-3)13(9-15)16(2)12-5-6-12/h4,7-8,12-13H,5-6,9,15H2,1-3H3. The van der Waals surface area contributed by atoms with Crippen LogP contribution in [0.1, 0.15) is 30.0 Å². The quantitative estimate of drug-likeness (QED) is 0.848. The molecule has 3 heteroatoms. The topological polar surface area (TPSA) is 38.5 Å². The maximum Gasteiger partial charge on any atom is 0.121 e. The highest BCUT2D eigenvalue weighted by Crippen LogP contribution is 2.33. The highest BCUT2D eigenvalue weighted by atomic mass is 16.5. The van der Waals surface area contributed by atoms with Crippen LogP contribution in [0.2, 0.25) is 0 Å². The van der Waals surface area contributed by atoms with Crippen molar-refractivity contribution in [2.75, 3.05) is 20.7 Å². The minimum atomic E-state index is 0.326. The number of hydrogen-bond acceptors (Lipinski definition) is 3. The highest BCUT2D eigenvalue weighted by Gasteiger charge is 2.31. The van der Waals surface area contributed by atoms with Crippen LogP contribution in [0.15, 0.2) is 18.2 Å². The predicted octanol–water partition coefficient (Wildman–Crippen LogP) is 2.10. The van der Waals surface area contributed by atoms with Gasteiger partial charge in [-0.3, -0.25) is 4.90 Å². The van der Waals surface area contributed by atoms with Gasteiger partial charge in [-0.2, -0.15) is 0 Å². The fourth-order valence-electron chi connectivity index (χ4n) is 2.38. The first-order valence-electron chi connectivity index (χ1n) is 6.24. The Bertz CT molecular complexity index is 388. The van der Waals surface area contributed by atoms with Crippen LogP contribution < -0.4 is 10.5 Å². The fourth-order valence-corrected chi connectivity index (χ4v) is 2.38. The smallest absolute Gasteiger partial charge is 0.121 e. The first-order chi connectivity index (χ1) is 8.17. The SMILES string of the molecule is COc1ccc(C(CN)N(C)C2CC2)cc1C. The van der Waals surface area contributed by atoms with Crippen LogP contribution in [0, 0.1) is 6.92 Å². The van der Waals surface area contributed by atoms with E-state index in [1.807, 2.05) is 6.07 Å². The third-order valence-electron chi connectivity index (χ3n) is 3.64. The van der Waals surface area contributed by atoms with Crippen molar-refractivity contribution in [2.45, 2.75) is 31.8 Å². The van der Waals surface area contributed by atoms with Crippen LogP contribution in [0.3, 0.4) is 0 Å². The zero-order chi connectivity index (χ0) is 12.4. The molecule has 1 fully saturated rings. The van der Waals surface area contributed by atoms with Gasteiger partial charge in [-0.15, -0.1) is 0 Å². The summed E-state index contributed by atoms with van der Waals surface area (Å²) in [6.07, 6.45) is 2.62. The lowest BCUT2D eigenvalue weighted by Crippen LogP contribution is -2.32. The van der Waals surface area contributed by atoms with Gasteiger partial charge in [-0.25, -0.2) is 0 Å². The van der Waals surface area contributed by atoms with Gasteiger partial charge in [0.15, 0.2) is 0 Å². The van der Waals surface area contributed by atoms with E-state index in [0.29, 0.717) is 12.6 Å². The molecular weight excluding hydrogens is 212 g/mol. The maximum absolute atomic E-state index is 5.92. The summed E-state index contributed by atoms with van der Waals surface area (Å²) in [5.74, 6) is 0.943. The van der Waals surface area contributed by atoms with E-state index in [1.165, 1.54) is 24.0 Å². The molecule has 1 aliphatic carbocycles. The average molecular weight is 234 g/mol. The summed E-state index contributed by atoms with van der Waals surface area (Å²) in [6, 6.07) is 7.41. The molecule has 17 heavy (non-hydrogen) atoms. The number of nitrogens with zero attached hydrogens (tertiary/aromatic N) is 1. The Morgan fingerprint density at radius 3 is 2.65 bits per heavy atom. The molecule has 94 valence electrons. The Kier molecular flexibility index (Phi) is 3.69. The average Bonchev–Trinajstić information content (AvgIpc) is 3.14. The molecular formula is C14H22N2O. The minimum Gasteiger partial charge on any atom is -0.496 e. The summed E-state index contributed by atoms with van der Waals surface area (Å²) < 4.78 is 5.29. The van der Waals surface area contributed by atoms with Crippen LogP contribution in [0.4, 0.5) is 0 Å². The van der Waals surface area contributed by atoms with Crippen molar-refractivity contribution >= 4 is 0 Å². The summed E-state index contributed by atoms with van der Waals surface area (Å²) in [5, 5.41) is 0. The molecule has 1 unspecified atom stereocenters. The normalized spacial score (nSPS) is 17.2. The molecule has 0 aromatic heterocycles. The summed E-state index contributed by atoms with van der Waals surface area (Å²) in [7, 11) is 3.88. The number of ether oxygens (including phenoxy) is 1. The molecule has 0 heterocycles. The van der Waals surface area contributed by atoms with Crippen molar-refractivity contribution in [1.82, 2.24) is 4.90 Å². The Labute approximate surface area is 104 Å². The number of hydrogen-bond donors (Lipinski definition) is 1. The molecule has 1 aromatic rings. The Balaban J connectivity index is 2.21. The van der Waals surface area contributed by atoms with Crippen molar-refractivity contribution < 1.29 is 4.74 Å². The molecule has 3 nitrogen and oxygen atoms in total. The van der Waals surface area contributed by atoms with Crippen molar-refractivity contribution in [3.8, 4) is 5.75 Å². The molecule has 0 saturated heterocycles. The summed E-state index contributed by atoms with van der Waals surface area (Å²) >= 11 is 0. The molecule has 0 amide bonds. The van der Waals surface area contributed by atoms with Crippen molar-refractivity contribution in [2.24, 2.45) is 5.73 Å². The number of benzene rings is 1. The second-order valence-corrected chi connectivity index (χ2v) is 4.88. The number of methoxy groups -OCH3 is 1. The van der Waals surface area contributed by atoms with Crippen molar-refractivity contribution in [3.05, 3.63) is 29.3 Å². The van der Waals surface area contributed by atoms with E-state index >= 15 is 0 Å². The zero-order valence-corrected chi connectivity index (χ0v) is 10.9. The summed E-state index contributed by atoms with van der Waals surface area (Å²) in [6.45, 7) is 2.74. The highest BCUT2D eigenvalue weighted by molar-refractivity contribution is 5.37. The molecule has 2 N–H and O–H groups in total. The summed E-state index contributed by atoms with van der Waals surface area (Å²) in [5.41, 5.74) is 8.38. The number of likely N-dealkylation sites (N-methyl/N-ethyl adjacent to an activating group) is 1. The van der Waals surface area contributed by atoms with Gasteiger partial charge >= 0.3 is 0 Å². The molecule has 2 rings (SSSR count). The van der Waals surface area contributed by atoms with E-state index in [0.717, 1.165) is 11.8 Å². The van der Waals surface area contributed by atoms with E-state index in [2.05, 4.69) is 31.0 Å². The lowest BCUT2D eigenvalue weighted by atomic mass is 10.0. The van der Waals surface area contributed by atoms with Crippen LogP contribution in [-0.2, 0) is 0 Å². The van der Waals surface area contributed by atoms with Gasteiger partial charge in [0.05, 0.1) is 7.11 Å². The molecule has 1 aromatic carbocycles. The molecule has 0 spiro atoms. The second kappa shape index (κ2) is 5.07. The first kappa shape index (κ1) is 12.4. The first-order valence-corrected chi connectivity index (χ1v) is 6.24. The van der Waals surface area contributed by atoms with Crippen molar-refractivity contribution in [3.63, 3.8) is 0 Å². The van der Waals surface area contributed by atoms with E-state index in [9.17, 15) is 0 Å². The monoisotopic (exact) mass is 234 g/mol. The van der Waals surface area contributed by atoms with Gasteiger partial charge in [0.2, 0.25) is 0 Å². The van der Waals surface area contributed by atoms with E-state index in [4.69, 9.17) is 10.5 Å². The van der Waals surface area contributed by atoms with E-state index in [-0.39, 0.29) is 0 Å². The number of aryl methyl sites for hydroxylation is 1. The van der Waals surface area contributed by atoms with Gasteiger partial charge in [-0.05, 0) is 44.0 Å². The lowest BCUT2D eigenvalue weighted by molar-refractivity contribution is 0.240. The van der Waals surface area contributed by atoms with Gasteiger partial charge < -0.3 is 10.5 Å². The Morgan fingerprint density at radius 1 is 1.47 bits per heavy atom. The van der Waals surface area contributed by atoms with Crippen LogP contribution in [0.5, 0.6) is 5.75 Å². The van der Waals surface area contributed by atoms with Gasteiger partial charge in [0.1, 0.15) is 5.75 Å². The van der Waals surface area contributed by atoms with Crippen LogP contribution in [0.25, 0.3) is 0 Å². The van der Waals surface area contributed by atoms with E-state index in [1.54, 1.807) is 7.11 Å². The third kappa shape index (κ3) is 2.61. The van der Waals surface area contributed by atoms with Crippen molar-refractivity contribution in [1.29, 1.82) is 0 Å². The molecule has 0 radical (unpaired) electrons. The third-order valence-corrected chi connectivity index (χ3v) is 3.64. The number of rotatable bonds is 5. The van der Waals surface area contributed by atoms with Crippen LogP contribution in [-0.4, -0.2) is 31.6 Å². The van der Waals surface area contributed by atoms with Gasteiger partial charge in [0.25, 0.3) is 0 Å². The fraction of sp³-hybridized carbons (Fsp3) is 0.571. The molecule has 0 aliphatic heterocycles. The maximum atomic E-state index is 5.92. The Morgan fingerprint density at radius 2 is 2.18 bits per heavy atom.